The third kappa shape index (κ3) is 5.58. The van der Waals surface area contributed by atoms with E-state index in [1.165, 1.54) is 55.2 Å². The number of hydrogen-bond donors (Lipinski definition) is 1. The van der Waals surface area contributed by atoms with E-state index in [2.05, 4.69) is 59.1 Å². The van der Waals surface area contributed by atoms with Crippen molar-refractivity contribution in [1.29, 1.82) is 0 Å². The van der Waals surface area contributed by atoms with Crippen molar-refractivity contribution in [2.45, 2.75) is 111 Å². The van der Waals surface area contributed by atoms with Gasteiger partial charge in [-0.05, 0) is 139 Å². The van der Waals surface area contributed by atoms with Gasteiger partial charge in [0.2, 0.25) is 0 Å². The number of aromatic carboxylic acids is 1. The number of hydrogen-bond acceptors (Lipinski definition) is 6. The van der Waals surface area contributed by atoms with Crippen LogP contribution in [-0.2, 0) is 21.8 Å². The van der Waals surface area contributed by atoms with Crippen molar-refractivity contribution in [1.82, 2.24) is 19.7 Å². The summed E-state index contributed by atoms with van der Waals surface area (Å²) in [5.41, 5.74) is 4.83. The van der Waals surface area contributed by atoms with Crippen molar-refractivity contribution in [3.8, 4) is 0 Å². The Bertz CT molecular complexity index is 1920. The van der Waals surface area contributed by atoms with E-state index in [1.54, 1.807) is 12.1 Å². The monoisotopic (exact) mass is 742 g/mol. The van der Waals surface area contributed by atoms with Gasteiger partial charge in [0.05, 0.1) is 23.6 Å². The van der Waals surface area contributed by atoms with E-state index in [4.69, 9.17) is 10.1 Å². The van der Waals surface area contributed by atoms with Crippen LogP contribution in [0.4, 0.5) is 0 Å². The van der Waals surface area contributed by atoms with Gasteiger partial charge in [0.1, 0.15) is 6.33 Å². The van der Waals surface area contributed by atoms with Gasteiger partial charge in [-0.15, -0.1) is 0 Å². The fourth-order valence-corrected chi connectivity index (χ4v) is 15.5. The summed E-state index contributed by atoms with van der Waals surface area (Å²) in [6, 6.07) is 7.57. The van der Waals surface area contributed by atoms with E-state index < -0.39 is 15.8 Å². The Labute approximate surface area is 317 Å². The van der Waals surface area contributed by atoms with Crippen LogP contribution in [0.5, 0.6) is 0 Å². The molecule has 1 N–H and O–H groups in total. The van der Waals surface area contributed by atoms with E-state index in [1.807, 2.05) is 23.1 Å². The quantitative estimate of drug-likeness (QED) is 0.285. The van der Waals surface area contributed by atoms with Gasteiger partial charge >= 0.3 is 5.97 Å². The summed E-state index contributed by atoms with van der Waals surface area (Å²) in [5.74, 6) is 3.45. The standard InChI is InChI=1S/C44H62N4O4S/c1-29(2)32-14-19-44(39-45-28-48(46-39)23-22-47-24-26-53(51,52)27-25-47)21-20-42(6)34(37(32)44)12-13-36-41(5)17-15-33(30-8-10-31(11-9-30)38(49)50)40(3,4)35(41)16-18-43(36,42)7/h8-11,15,28,32,34-37H,1,12-14,16-27H2,2-7H3,(H,49,50)/t32-,34?,35?,36?,37?,41-,42+,43+,44-/m0/s1. The van der Waals surface area contributed by atoms with Crippen LogP contribution < -0.4 is 0 Å². The lowest BCUT2D eigenvalue weighted by atomic mass is 9.32. The number of carboxylic acid groups (broad SMARTS) is 1. The largest absolute Gasteiger partial charge is 0.478 e. The summed E-state index contributed by atoms with van der Waals surface area (Å²) in [7, 11) is -2.89. The zero-order valence-corrected chi connectivity index (χ0v) is 33.9. The summed E-state index contributed by atoms with van der Waals surface area (Å²) in [5, 5.41) is 14.8. The lowest BCUT2D eigenvalue weighted by Gasteiger charge is -2.72. The predicted octanol–water partition coefficient (Wildman–Crippen LogP) is 8.31. The normalized spacial score (nSPS) is 40.3. The molecular formula is C44H62N4O4S. The Balaban J connectivity index is 1.07. The summed E-state index contributed by atoms with van der Waals surface area (Å²) < 4.78 is 26.0. The molecule has 6 aliphatic rings. The molecule has 0 radical (unpaired) electrons. The third-order valence-electron chi connectivity index (χ3n) is 17.2. The Morgan fingerprint density at radius 2 is 1.62 bits per heavy atom. The number of carboxylic acids is 1. The first kappa shape index (κ1) is 37.2. The highest BCUT2D eigenvalue weighted by atomic mass is 32.2. The van der Waals surface area contributed by atoms with Crippen LogP contribution >= 0.6 is 0 Å². The second kappa shape index (κ2) is 12.6. The first-order chi connectivity index (χ1) is 25.0. The summed E-state index contributed by atoms with van der Waals surface area (Å²) in [4.78, 5) is 18.9. The number of rotatable bonds is 7. The van der Waals surface area contributed by atoms with E-state index >= 15 is 0 Å². The molecule has 5 fully saturated rings. The van der Waals surface area contributed by atoms with Gasteiger partial charge in [0.15, 0.2) is 15.7 Å². The zero-order valence-electron chi connectivity index (χ0n) is 33.0. The van der Waals surface area contributed by atoms with Gasteiger partial charge in [0, 0.05) is 25.0 Å². The van der Waals surface area contributed by atoms with Gasteiger partial charge < -0.3 is 5.11 Å². The average molecular weight is 743 g/mol. The zero-order chi connectivity index (χ0) is 37.8. The van der Waals surface area contributed by atoms with Crippen LogP contribution in [0.15, 0.2) is 48.8 Å². The van der Waals surface area contributed by atoms with Gasteiger partial charge in [-0.2, -0.15) is 5.10 Å². The molecule has 1 aromatic carbocycles. The Hall–Kier alpha value is -2.78. The molecule has 4 saturated carbocycles. The smallest absolute Gasteiger partial charge is 0.335 e. The first-order valence-electron chi connectivity index (χ1n) is 20.5. The molecule has 1 saturated heterocycles. The highest BCUT2D eigenvalue weighted by Gasteiger charge is 2.71. The number of carbonyl (C=O) groups is 1. The van der Waals surface area contributed by atoms with Crippen molar-refractivity contribution in [2.75, 3.05) is 31.1 Å². The van der Waals surface area contributed by atoms with Crippen LogP contribution in [-0.4, -0.2) is 70.3 Å². The number of nitrogens with zero attached hydrogens (tertiary/aromatic N) is 4. The van der Waals surface area contributed by atoms with E-state index in [9.17, 15) is 18.3 Å². The minimum atomic E-state index is -2.89. The van der Waals surface area contributed by atoms with Crippen molar-refractivity contribution in [3.63, 3.8) is 0 Å². The second-order valence-electron chi connectivity index (χ2n) is 19.6. The van der Waals surface area contributed by atoms with Gasteiger partial charge in [-0.1, -0.05) is 65.0 Å². The highest BCUT2D eigenvalue weighted by Crippen LogP contribution is 2.77. The van der Waals surface area contributed by atoms with Crippen LogP contribution in [0.25, 0.3) is 5.57 Å². The fourth-order valence-electron chi connectivity index (χ4n) is 14.3. The number of aromatic nitrogens is 3. The SMILES string of the molecule is C=C(C)[C@@H]1CC[C@]2(c3ncn(CCN4CCS(=O)(=O)CC4)n3)CC[C@]3(C)C(CCC4[C@@]5(C)CC=C(c6ccc(C(=O)O)cc6)C(C)(C)C5CC[C@]43C)C12. The molecule has 53 heavy (non-hydrogen) atoms. The fraction of sp³-hybridized carbons (Fsp3) is 0.705. The van der Waals surface area contributed by atoms with E-state index in [-0.39, 0.29) is 38.6 Å². The minimum Gasteiger partial charge on any atom is -0.478 e. The van der Waals surface area contributed by atoms with Crippen molar-refractivity contribution in [3.05, 3.63) is 65.8 Å². The molecule has 8 nitrogen and oxygen atoms in total. The van der Waals surface area contributed by atoms with Crippen molar-refractivity contribution < 1.29 is 18.3 Å². The Kier molecular flexibility index (Phi) is 8.85. The number of fused-ring (bicyclic) bond motifs is 7. The molecule has 4 unspecified atom stereocenters. The lowest BCUT2D eigenvalue weighted by molar-refractivity contribution is -0.218. The Morgan fingerprint density at radius 1 is 0.906 bits per heavy atom. The molecular weight excluding hydrogens is 681 g/mol. The minimum absolute atomic E-state index is 0.00869. The molecule has 1 aromatic heterocycles. The maximum Gasteiger partial charge on any atom is 0.335 e. The number of benzene rings is 1. The molecule has 288 valence electrons. The summed E-state index contributed by atoms with van der Waals surface area (Å²) >= 11 is 0. The number of allylic oxidation sites excluding steroid dienone is 3. The van der Waals surface area contributed by atoms with E-state index in [0.29, 0.717) is 48.2 Å². The van der Waals surface area contributed by atoms with Crippen molar-refractivity contribution in [2.24, 2.45) is 51.2 Å². The maximum absolute atomic E-state index is 12.0. The molecule has 8 rings (SSSR count). The molecule has 0 amide bonds. The van der Waals surface area contributed by atoms with Crippen LogP contribution in [0.1, 0.15) is 121 Å². The molecule has 9 heteroatoms. The average Bonchev–Trinajstić information content (AvgIpc) is 3.74. The van der Waals surface area contributed by atoms with Crippen LogP contribution in [0, 0.1) is 51.2 Å². The van der Waals surface area contributed by atoms with Gasteiger partial charge in [0.25, 0.3) is 0 Å². The van der Waals surface area contributed by atoms with Crippen LogP contribution in [0.2, 0.25) is 0 Å². The number of sulfone groups is 1. The molecule has 0 spiro atoms. The lowest BCUT2D eigenvalue weighted by Crippen LogP contribution is -2.65. The second-order valence-corrected chi connectivity index (χ2v) is 21.9. The van der Waals surface area contributed by atoms with Crippen LogP contribution in [0.3, 0.4) is 0 Å². The van der Waals surface area contributed by atoms with Gasteiger partial charge in [-0.3, -0.25) is 9.58 Å². The molecule has 0 bridgehead atoms. The van der Waals surface area contributed by atoms with Gasteiger partial charge in [-0.25, -0.2) is 18.2 Å². The molecule has 1 aliphatic heterocycles. The summed E-state index contributed by atoms with van der Waals surface area (Å²) in [6.07, 6.45) is 15.2. The molecule has 9 atom stereocenters. The highest BCUT2D eigenvalue weighted by molar-refractivity contribution is 7.91. The molecule has 2 aromatic rings. The summed E-state index contributed by atoms with van der Waals surface area (Å²) in [6.45, 7) is 22.5. The Morgan fingerprint density at radius 3 is 2.30 bits per heavy atom. The molecule has 5 aliphatic carbocycles. The van der Waals surface area contributed by atoms with Crippen molar-refractivity contribution >= 4 is 21.4 Å². The first-order valence-corrected chi connectivity index (χ1v) is 22.3. The van der Waals surface area contributed by atoms with E-state index in [0.717, 1.165) is 38.2 Å². The predicted molar refractivity (Wildman–Crippen MR) is 210 cm³/mol. The molecule has 2 heterocycles. The third-order valence-corrected chi connectivity index (χ3v) is 18.8. The topological polar surface area (TPSA) is 105 Å². The maximum atomic E-state index is 12.0.